The van der Waals surface area contributed by atoms with Gasteiger partial charge in [-0.1, -0.05) is 47.1 Å². The Morgan fingerprint density at radius 2 is 1.70 bits per heavy atom. The average molecular weight is 513 g/mol. The highest BCUT2D eigenvalue weighted by Gasteiger charge is 2.67. The molecule has 1 N–H and O–H groups in total. The summed E-state index contributed by atoms with van der Waals surface area (Å²) in [5.41, 5.74) is 0.597. The maximum absolute atomic E-state index is 14.1. The van der Waals surface area contributed by atoms with Crippen LogP contribution < -0.4 is 0 Å². The zero-order valence-electron chi connectivity index (χ0n) is 23.8. The van der Waals surface area contributed by atoms with Crippen molar-refractivity contribution in [3.05, 3.63) is 22.8 Å². The van der Waals surface area contributed by atoms with Gasteiger partial charge in [0.2, 0.25) is 0 Å². The van der Waals surface area contributed by atoms with Gasteiger partial charge in [0.25, 0.3) is 0 Å². The van der Waals surface area contributed by atoms with Crippen molar-refractivity contribution in [3.63, 3.8) is 0 Å². The number of carbonyl (C=O) groups excluding carboxylic acids is 4. The Kier molecular flexibility index (Phi) is 6.79. The lowest BCUT2D eigenvalue weighted by Crippen LogP contribution is -2.58. The summed E-state index contributed by atoms with van der Waals surface area (Å²) in [6, 6.07) is 0. The zero-order chi connectivity index (χ0) is 27.7. The van der Waals surface area contributed by atoms with Crippen LogP contribution in [0.1, 0.15) is 93.4 Å². The maximum atomic E-state index is 14.1. The summed E-state index contributed by atoms with van der Waals surface area (Å²) in [7, 11) is 1.32. The Hall–Kier alpha value is -2.08. The zero-order valence-corrected chi connectivity index (χ0v) is 23.8. The SMILES string of the molecule is COC(=O)C(C)CC(=O)/C=C(/C)[C@@H]1CCC2(C)C3=C(C(=O)C[C@]12C)[C@@]1(C)CCC(O)C(C)(C)C1CC3=O. The Morgan fingerprint density at radius 3 is 2.32 bits per heavy atom. The first-order valence-corrected chi connectivity index (χ1v) is 13.8. The summed E-state index contributed by atoms with van der Waals surface area (Å²) < 4.78 is 4.75. The lowest BCUT2D eigenvalue weighted by molar-refractivity contribution is -0.146. The van der Waals surface area contributed by atoms with Crippen LogP contribution in [0.3, 0.4) is 0 Å². The van der Waals surface area contributed by atoms with E-state index in [1.54, 1.807) is 13.0 Å². The molecule has 0 heterocycles. The minimum atomic E-state index is -0.512. The molecule has 0 aliphatic heterocycles. The summed E-state index contributed by atoms with van der Waals surface area (Å²) in [6.45, 7) is 14.1. The first kappa shape index (κ1) is 27.9. The summed E-state index contributed by atoms with van der Waals surface area (Å²) in [5, 5.41) is 10.8. The second kappa shape index (κ2) is 9.00. The molecule has 37 heavy (non-hydrogen) atoms. The number of hydrogen-bond acceptors (Lipinski definition) is 6. The van der Waals surface area contributed by atoms with Gasteiger partial charge in [0, 0.05) is 41.2 Å². The minimum Gasteiger partial charge on any atom is -0.469 e. The number of ketones is 3. The van der Waals surface area contributed by atoms with Crippen molar-refractivity contribution < 1.29 is 29.0 Å². The largest absolute Gasteiger partial charge is 0.469 e. The molecular weight excluding hydrogens is 468 g/mol. The molecule has 204 valence electrons. The molecule has 6 heteroatoms. The van der Waals surface area contributed by atoms with Crippen LogP contribution in [0.15, 0.2) is 22.8 Å². The molecule has 0 bridgehead atoms. The number of Topliss-reactive ketones (excluding diaryl/α,β-unsaturated/α-hetero) is 2. The van der Waals surface area contributed by atoms with Gasteiger partial charge in [-0.25, -0.2) is 0 Å². The molecule has 0 spiro atoms. The number of aliphatic hydroxyl groups is 1. The van der Waals surface area contributed by atoms with Crippen LogP contribution in [0.25, 0.3) is 0 Å². The van der Waals surface area contributed by atoms with Crippen LogP contribution in [-0.2, 0) is 23.9 Å². The molecule has 4 unspecified atom stereocenters. The van der Waals surface area contributed by atoms with Crippen LogP contribution in [0.5, 0.6) is 0 Å². The molecule has 2 saturated carbocycles. The molecule has 4 rings (SSSR count). The smallest absolute Gasteiger partial charge is 0.308 e. The summed E-state index contributed by atoms with van der Waals surface area (Å²) in [6.07, 6.45) is 4.88. The van der Waals surface area contributed by atoms with Gasteiger partial charge in [0.05, 0.1) is 19.1 Å². The Bertz CT molecular complexity index is 1110. The molecule has 0 radical (unpaired) electrons. The molecule has 0 aromatic heterocycles. The third-order valence-electron chi connectivity index (χ3n) is 11.3. The predicted molar refractivity (Wildman–Crippen MR) is 140 cm³/mol. The third kappa shape index (κ3) is 3.92. The van der Waals surface area contributed by atoms with Gasteiger partial charge in [-0.15, -0.1) is 0 Å². The van der Waals surface area contributed by atoms with Gasteiger partial charge in [-0.05, 0) is 61.3 Å². The van der Waals surface area contributed by atoms with Gasteiger partial charge in [0.15, 0.2) is 17.3 Å². The van der Waals surface area contributed by atoms with Crippen molar-refractivity contribution in [3.8, 4) is 0 Å². The van der Waals surface area contributed by atoms with E-state index in [0.717, 1.165) is 29.6 Å². The fraction of sp³-hybridized carbons (Fsp3) is 0.742. The van der Waals surface area contributed by atoms with E-state index in [4.69, 9.17) is 4.74 Å². The molecule has 0 aromatic carbocycles. The number of fused-ring (bicyclic) bond motifs is 4. The van der Waals surface area contributed by atoms with Gasteiger partial charge >= 0.3 is 5.97 Å². The molecule has 0 aromatic rings. The van der Waals surface area contributed by atoms with Crippen molar-refractivity contribution in [1.29, 1.82) is 0 Å². The number of rotatable bonds is 5. The van der Waals surface area contributed by atoms with Gasteiger partial charge in [-0.3, -0.25) is 19.2 Å². The topological polar surface area (TPSA) is 97.7 Å². The molecule has 0 amide bonds. The van der Waals surface area contributed by atoms with Crippen LogP contribution in [-0.4, -0.2) is 41.6 Å². The highest BCUT2D eigenvalue weighted by molar-refractivity contribution is 6.11. The normalized spacial score (nSPS) is 40.0. The molecule has 7 atom stereocenters. The number of ether oxygens (including phenoxy) is 1. The number of aliphatic hydroxyl groups excluding tert-OH is 1. The standard InChI is InChI=1S/C31H44O6/c1-17(13-19(32)14-18(2)27(36)37-8)20-9-12-30(6)26-21(33)15-23-28(3,4)24(35)10-11-29(23,5)25(26)22(34)16-31(20,30)7/h13,18,20,23-24,35H,9-12,14-16H2,1-8H3/b17-13-/t18?,20-,23?,24?,29-,30?,31+/m0/s1. The second-order valence-corrected chi connectivity index (χ2v) is 13.6. The lowest BCUT2D eigenvalue weighted by Gasteiger charge is -2.60. The number of allylic oxidation sites excluding steroid dienone is 4. The predicted octanol–water partition coefficient (Wildman–Crippen LogP) is 5.17. The Balaban J connectivity index is 1.73. The van der Waals surface area contributed by atoms with Crippen LogP contribution in [0.4, 0.5) is 0 Å². The summed E-state index contributed by atoms with van der Waals surface area (Å²) in [4.78, 5) is 52.5. The molecule has 4 aliphatic rings. The first-order valence-electron chi connectivity index (χ1n) is 13.8. The molecular formula is C31H44O6. The Morgan fingerprint density at radius 1 is 1.05 bits per heavy atom. The number of hydrogen-bond donors (Lipinski definition) is 1. The van der Waals surface area contributed by atoms with Gasteiger partial charge in [-0.2, -0.15) is 0 Å². The van der Waals surface area contributed by atoms with Crippen LogP contribution in [0, 0.1) is 39.4 Å². The minimum absolute atomic E-state index is 0.00386. The van der Waals surface area contributed by atoms with Crippen LogP contribution in [0.2, 0.25) is 0 Å². The van der Waals surface area contributed by atoms with E-state index in [9.17, 15) is 24.3 Å². The average Bonchev–Trinajstić information content (AvgIpc) is 3.08. The molecule has 0 saturated heterocycles. The maximum Gasteiger partial charge on any atom is 0.308 e. The molecule has 4 aliphatic carbocycles. The fourth-order valence-electron chi connectivity index (χ4n) is 8.88. The van der Waals surface area contributed by atoms with Crippen molar-refractivity contribution >= 4 is 23.3 Å². The van der Waals surface area contributed by atoms with E-state index in [2.05, 4.69) is 20.8 Å². The number of carbonyl (C=O) groups is 4. The number of esters is 1. The van der Waals surface area contributed by atoms with Gasteiger partial charge in [0.1, 0.15) is 0 Å². The molecule has 2 fully saturated rings. The van der Waals surface area contributed by atoms with Crippen molar-refractivity contribution in [2.75, 3.05) is 7.11 Å². The monoisotopic (exact) mass is 512 g/mol. The Labute approximate surface area is 221 Å². The van der Waals surface area contributed by atoms with Crippen molar-refractivity contribution in [2.24, 2.45) is 39.4 Å². The summed E-state index contributed by atoms with van der Waals surface area (Å²) in [5.74, 6) is -0.989. The van der Waals surface area contributed by atoms with E-state index >= 15 is 0 Å². The van der Waals surface area contributed by atoms with Crippen molar-refractivity contribution in [1.82, 2.24) is 0 Å². The molecule has 6 nitrogen and oxygen atoms in total. The van der Waals surface area contributed by atoms with E-state index in [1.807, 2.05) is 20.8 Å². The third-order valence-corrected chi connectivity index (χ3v) is 11.3. The lowest BCUT2D eigenvalue weighted by atomic mass is 9.43. The first-order chi connectivity index (χ1) is 17.0. The highest BCUT2D eigenvalue weighted by atomic mass is 16.5. The fourth-order valence-corrected chi connectivity index (χ4v) is 8.88. The second-order valence-electron chi connectivity index (χ2n) is 13.6. The van der Waals surface area contributed by atoms with Crippen molar-refractivity contribution in [2.45, 2.75) is 99.5 Å². The summed E-state index contributed by atoms with van der Waals surface area (Å²) >= 11 is 0. The highest BCUT2D eigenvalue weighted by Crippen LogP contribution is 2.70. The van der Waals surface area contributed by atoms with Crippen LogP contribution >= 0.6 is 0 Å². The number of methoxy groups -OCH3 is 1. The van der Waals surface area contributed by atoms with E-state index < -0.39 is 39.7 Å². The quantitative estimate of drug-likeness (QED) is 0.403. The van der Waals surface area contributed by atoms with E-state index in [0.29, 0.717) is 25.7 Å². The van der Waals surface area contributed by atoms with Gasteiger partial charge < -0.3 is 9.84 Å². The van der Waals surface area contributed by atoms with E-state index in [-0.39, 0.29) is 35.6 Å². The van der Waals surface area contributed by atoms with E-state index in [1.165, 1.54) is 7.11 Å².